The van der Waals surface area contributed by atoms with Gasteiger partial charge in [0.2, 0.25) is 11.3 Å². The van der Waals surface area contributed by atoms with E-state index in [1.54, 1.807) is 4.31 Å². The number of nitrogens with zero attached hydrogens (tertiary/aromatic N) is 1. The van der Waals surface area contributed by atoms with Crippen LogP contribution in [0, 0.1) is 0 Å². The summed E-state index contributed by atoms with van der Waals surface area (Å²) in [5, 5.41) is 0. The zero-order valence-electron chi connectivity index (χ0n) is 27.8. The van der Waals surface area contributed by atoms with Gasteiger partial charge in [-0.3, -0.25) is 4.55 Å². The zero-order chi connectivity index (χ0) is 29.2. The third-order valence-electron chi connectivity index (χ3n) is 8.74. The third-order valence-corrected chi connectivity index (χ3v) is 9.55. The lowest BCUT2D eigenvalue weighted by Crippen LogP contribution is -2.27. The topological polar surface area (TPSA) is 40.5 Å². The molecule has 0 saturated heterocycles. The van der Waals surface area contributed by atoms with Crippen molar-refractivity contribution in [2.24, 2.45) is 0 Å². The van der Waals surface area contributed by atoms with Crippen LogP contribution in [0.1, 0.15) is 219 Å². The maximum absolute atomic E-state index is 11.7. The second-order valence-electron chi connectivity index (χ2n) is 12.8. The minimum atomic E-state index is -1.81. The molecule has 1 N–H and O–H groups in total. The van der Waals surface area contributed by atoms with Crippen LogP contribution in [0.5, 0.6) is 0 Å². The fourth-order valence-electron chi connectivity index (χ4n) is 5.94. The molecule has 4 heteroatoms. The van der Waals surface area contributed by atoms with Crippen LogP contribution in [-0.4, -0.2) is 26.2 Å². The number of rotatable bonds is 35. The summed E-state index contributed by atoms with van der Waals surface area (Å²) in [7, 11) is 0. The summed E-state index contributed by atoms with van der Waals surface area (Å²) < 4.78 is 23.2. The van der Waals surface area contributed by atoms with Crippen LogP contribution in [0.4, 0.5) is 0 Å². The Labute approximate surface area is 256 Å². The highest BCUT2D eigenvalue weighted by molar-refractivity contribution is 7.76. The van der Waals surface area contributed by atoms with E-state index in [0.717, 1.165) is 25.9 Å². The van der Waals surface area contributed by atoms with Crippen LogP contribution in [0.3, 0.4) is 0 Å². The molecule has 0 spiro atoms. The van der Waals surface area contributed by atoms with Gasteiger partial charge in [-0.05, 0) is 12.8 Å². The van der Waals surface area contributed by atoms with Crippen molar-refractivity contribution in [3.05, 3.63) is 0 Å². The van der Waals surface area contributed by atoms with E-state index in [1.165, 1.54) is 193 Å². The molecule has 0 rings (SSSR count). The third kappa shape index (κ3) is 32.6. The lowest BCUT2D eigenvalue weighted by Gasteiger charge is -2.17. The lowest BCUT2D eigenvalue weighted by molar-refractivity contribution is 0.372. The highest BCUT2D eigenvalue weighted by atomic mass is 32.2. The van der Waals surface area contributed by atoms with E-state index in [9.17, 15) is 8.76 Å². The molecule has 0 saturated carbocycles. The van der Waals surface area contributed by atoms with Gasteiger partial charge in [0, 0.05) is 13.1 Å². The highest BCUT2D eigenvalue weighted by Gasteiger charge is 2.10. The smallest absolute Gasteiger partial charge is 0.234 e. The molecule has 0 aromatic heterocycles. The van der Waals surface area contributed by atoms with Crippen LogP contribution in [0.2, 0.25) is 0 Å². The first-order valence-corrected chi connectivity index (χ1v) is 19.6. The van der Waals surface area contributed by atoms with Crippen LogP contribution in [0.15, 0.2) is 0 Å². The summed E-state index contributed by atoms with van der Waals surface area (Å²) in [5.41, 5.74) is 0. The van der Waals surface area contributed by atoms with Crippen molar-refractivity contribution in [1.82, 2.24) is 4.31 Å². The number of unbranched alkanes of at least 4 members (excludes halogenated alkanes) is 30. The van der Waals surface area contributed by atoms with Crippen LogP contribution in [0.25, 0.3) is 0 Å². The summed E-state index contributed by atoms with van der Waals surface area (Å²) in [5.74, 6) is 0. The molecule has 40 heavy (non-hydrogen) atoms. The van der Waals surface area contributed by atoms with Crippen LogP contribution in [-0.2, 0) is 11.3 Å². The van der Waals surface area contributed by atoms with Crippen molar-refractivity contribution < 1.29 is 8.76 Å². The van der Waals surface area contributed by atoms with Gasteiger partial charge in [0.05, 0.1) is 0 Å². The molecule has 0 aliphatic rings. The van der Waals surface area contributed by atoms with Gasteiger partial charge < -0.3 is 0 Å². The van der Waals surface area contributed by atoms with Gasteiger partial charge in [-0.2, -0.15) is 0 Å². The first-order valence-electron chi connectivity index (χ1n) is 18.6. The van der Waals surface area contributed by atoms with Gasteiger partial charge in [0.15, 0.2) is 0 Å². The van der Waals surface area contributed by atoms with Crippen molar-refractivity contribution in [2.45, 2.75) is 219 Å². The first kappa shape index (κ1) is 40.1. The van der Waals surface area contributed by atoms with Crippen LogP contribution >= 0.6 is 0 Å². The number of hydrogen-bond acceptors (Lipinski definition) is 1. The SMILES string of the molecule is CCCCCCCCCCCCCCCCCCN(CCCCCCCCCCCCCCCCCC)S(=O)O. The molecule has 0 fully saturated rings. The fraction of sp³-hybridized carbons (Fsp3) is 1.00. The molecule has 3 nitrogen and oxygen atoms in total. The molecule has 1 unspecified atom stereocenters. The maximum atomic E-state index is 11.7. The second-order valence-corrected chi connectivity index (χ2v) is 13.7. The molecule has 0 bridgehead atoms. The predicted octanol–water partition coefficient (Wildman–Crippen LogP) is 12.9. The Bertz CT molecular complexity index is 451. The number of hydrogen-bond donors (Lipinski definition) is 1. The second kappa shape index (κ2) is 35.3. The molecular weight excluding hydrogens is 510 g/mol. The summed E-state index contributed by atoms with van der Waals surface area (Å²) >= 11 is -1.81. The lowest BCUT2D eigenvalue weighted by atomic mass is 10.0. The molecule has 0 heterocycles. The van der Waals surface area contributed by atoms with Crippen LogP contribution < -0.4 is 0 Å². The first-order chi connectivity index (χ1) is 19.7. The Morgan fingerprint density at radius 2 is 0.525 bits per heavy atom. The van der Waals surface area contributed by atoms with Crippen molar-refractivity contribution in [1.29, 1.82) is 0 Å². The van der Waals surface area contributed by atoms with E-state index in [1.807, 2.05) is 0 Å². The van der Waals surface area contributed by atoms with Crippen molar-refractivity contribution in [2.75, 3.05) is 13.1 Å². The largest absolute Gasteiger partial charge is 0.294 e. The van der Waals surface area contributed by atoms with E-state index in [4.69, 9.17) is 0 Å². The molecule has 1 atom stereocenters. The molecule has 0 aliphatic carbocycles. The fourth-order valence-corrected chi connectivity index (χ4v) is 6.51. The van der Waals surface area contributed by atoms with Gasteiger partial charge in [-0.15, -0.1) is 0 Å². The molecule has 0 aliphatic heterocycles. The summed E-state index contributed by atoms with van der Waals surface area (Å²) in [4.78, 5) is 0. The predicted molar refractivity (Wildman–Crippen MR) is 181 cm³/mol. The minimum Gasteiger partial charge on any atom is -0.294 e. The molecule has 0 aromatic carbocycles. The Morgan fingerprint density at radius 3 is 0.700 bits per heavy atom. The molecule has 0 aromatic rings. The standard InChI is InChI=1S/C36H75NO2S/c1-3-5-7-9-11-13-15-17-19-21-23-25-27-29-31-33-35-37(40(38)39)36-34-32-30-28-26-24-22-20-18-16-14-12-10-8-6-4-2/h3-36H2,1-2H3,(H,38,39). The van der Waals surface area contributed by atoms with Gasteiger partial charge in [0.1, 0.15) is 0 Å². The van der Waals surface area contributed by atoms with E-state index in [0.29, 0.717) is 0 Å². The molecular formula is C36H75NO2S. The van der Waals surface area contributed by atoms with Gasteiger partial charge in [-0.1, -0.05) is 206 Å². The minimum absolute atomic E-state index is 0.778. The Morgan fingerprint density at radius 1 is 0.350 bits per heavy atom. The Hall–Kier alpha value is 0.0700. The van der Waals surface area contributed by atoms with Gasteiger partial charge in [0.25, 0.3) is 0 Å². The normalized spacial score (nSPS) is 12.5. The van der Waals surface area contributed by atoms with Gasteiger partial charge >= 0.3 is 0 Å². The average molecular weight is 586 g/mol. The monoisotopic (exact) mass is 586 g/mol. The summed E-state index contributed by atoms with van der Waals surface area (Å²) in [6.45, 7) is 6.13. The zero-order valence-corrected chi connectivity index (χ0v) is 28.6. The van der Waals surface area contributed by atoms with E-state index in [-0.39, 0.29) is 0 Å². The maximum Gasteiger partial charge on any atom is 0.234 e. The molecule has 0 radical (unpaired) electrons. The summed E-state index contributed by atoms with van der Waals surface area (Å²) in [6, 6.07) is 0. The van der Waals surface area contributed by atoms with Crippen molar-refractivity contribution in [3.63, 3.8) is 0 Å². The molecule has 0 amide bonds. The average Bonchev–Trinajstić information content (AvgIpc) is 2.95. The summed E-state index contributed by atoms with van der Waals surface area (Å²) in [6.07, 6.45) is 43.7. The van der Waals surface area contributed by atoms with E-state index in [2.05, 4.69) is 13.8 Å². The Kier molecular flexibility index (Phi) is 35.3. The van der Waals surface area contributed by atoms with Crippen molar-refractivity contribution >= 4 is 11.3 Å². The van der Waals surface area contributed by atoms with E-state index >= 15 is 0 Å². The van der Waals surface area contributed by atoms with Crippen molar-refractivity contribution in [3.8, 4) is 0 Å². The van der Waals surface area contributed by atoms with Gasteiger partial charge in [-0.25, -0.2) is 8.51 Å². The Balaban J connectivity index is 3.37. The quantitative estimate of drug-likeness (QED) is 0.0593. The highest BCUT2D eigenvalue weighted by Crippen LogP contribution is 2.16. The van der Waals surface area contributed by atoms with E-state index < -0.39 is 11.3 Å². The molecule has 242 valence electrons.